The van der Waals surface area contributed by atoms with Crippen LogP contribution < -0.4 is 9.46 Å². The van der Waals surface area contributed by atoms with E-state index in [-0.39, 0.29) is 10.7 Å². The van der Waals surface area contributed by atoms with E-state index in [1.807, 2.05) is 30.3 Å². The highest BCUT2D eigenvalue weighted by Gasteiger charge is 2.27. The number of nitrogens with one attached hydrogen (secondary N) is 1. The number of ketones is 1. The smallest absolute Gasteiger partial charge is 0.205 e. The van der Waals surface area contributed by atoms with Crippen molar-refractivity contribution in [3.8, 4) is 17.6 Å². The fourth-order valence-corrected chi connectivity index (χ4v) is 4.23. The summed E-state index contributed by atoms with van der Waals surface area (Å²) in [5, 5.41) is 0.597. The molecule has 6 heteroatoms. The van der Waals surface area contributed by atoms with Gasteiger partial charge in [0.2, 0.25) is 5.78 Å². The van der Waals surface area contributed by atoms with Gasteiger partial charge in [-0.3, -0.25) is 4.79 Å². The number of allylic oxidation sites excluding steroid dienone is 1. The van der Waals surface area contributed by atoms with Crippen molar-refractivity contribution in [2.75, 3.05) is 11.8 Å². The molecule has 1 atom stereocenters. The van der Waals surface area contributed by atoms with E-state index in [1.54, 1.807) is 49.6 Å². The maximum absolute atomic E-state index is 13.0. The average molecular weight is 448 g/mol. The van der Waals surface area contributed by atoms with E-state index >= 15 is 0 Å². The van der Waals surface area contributed by atoms with Crippen molar-refractivity contribution in [2.24, 2.45) is 0 Å². The van der Waals surface area contributed by atoms with Crippen molar-refractivity contribution in [3.05, 3.63) is 98.9 Å². The zero-order chi connectivity index (χ0) is 21.8. The summed E-state index contributed by atoms with van der Waals surface area (Å²) >= 11 is 5.91. The summed E-state index contributed by atoms with van der Waals surface area (Å²) in [4.78, 5) is 13.2. The van der Waals surface area contributed by atoms with Crippen molar-refractivity contribution in [3.63, 3.8) is 0 Å². The maximum atomic E-state index is 13.0. The molecule has 0 amide bonds. The Morgan fingerprint density at radius 2 is 1.81 bits per heavy atom. The predicted molar refractivity (Wildman–Crippen MR) is 126 cm³/mol. The molecule has 0 aliphatic carbocycles. The second-order valence-corrected chi connectivity index (χ2v) is 8.46. The summed E-state index contributed by atoms with van der Waals surface area (Å²) in [6.07, 6.45) is 2.20. The molecule has 0 radical (unpaired) electrons. The largest absolute Gasteiger partial charge is 0.497 e. The number of hydrogen-bond donors (Lipinski definition) is 1. The first-order valence-corrected chi connectivity index (χ1v) is 11.0. The summed E-state index contributed by atoms with van der Waals surface area (Å²) in [6, 6.07) is 20.0. The third-order valence-corrected chi connectivity index (χ3v) is 6.10. The van der Waals surface area contributed by atoms with E-state index in [9.17, 15) is 9.00 Å². The van der Waals surface area contributed by atoms with Crippen molar-refractivity contribution >= 4 is 40.1 Å². The highest BCUT2D eigenvalue weighted by molar-refractivity contribution is 7.91. The zero-order valence-corrected chi connectivity index (χ0v) is 18.2. The van der Waals surface area contributed by atoms with Gasteiger partial charge in [-0.15, -0.1) is 0 Å². The van der Waals surface area contributed by atoms with Crippen LogP contribution in [-0.2, 0) is 17.4 Å². The molecule has 3 aromatic rings. The Labute approximate surface area is 188 Å². The van der Waals surface area contributed by atoms with Gasteiger partial charge in [-0.05, 0) is 59.7 Å². The first kappa shape index (κ1) is 20.9. The molecule has 0 saturated heterocycles. The number of methoxy groups -OCH3 is 1. The van der Waals surface area contributed by atoms with Gasteiger partial charge in [-0.2, -0.15) is 0 Å². The molecule has 1 unspecified atom stereocenters. The molecule has 1 aliphatic rings. The first-order chi connectivity index (χ1) is 15.0. The Morgan fingerprint density at radius 3 is 2.52 bits per heavy atom. The molecule has 1 N–H and O–H groups in total. The second-order valence-electron chi connectivity index (χ2n) is 6.85. The topological polar surface area (TPSA) is 55.4 Å². The SMILES string of the molecule is COc1ccc(CC#Cc2ccc3c(c2)C(=O)/C(=C\c2ccc(Cl)cc2)S(=O)N3)cc1. The first-order valence-electron chi connectivity index (χ1n) is 9.50. The quantitative estimate of drug-likeness (QED) is 0.440. The molecule has 3 aromatic carbocycles. The summed E-state index contributed by atoms with van der Waals surface area (Å²) < 4.78 is 20.6. The van der Waals surface area contributed by atoms with Crippen LogP contribution in [0.5, 0.6) is 5.75 Å². The Balaban J connectivity index is 1.57. The Hall–Kier alpha value is -3.33. The highest BCUT2D eigenvalue weighted by Crippen LogP contribution is 2.29. The number of benzene rings is 3. The van der Waals surface area contributed by atoms with E-state index in [4.69, 9.17) is 16.3 Å². The molecule has 154 valence electrons. The van der Waals surface area contributed by atoms with Gasteiger partial charge in [-0.25, -0.2) is 4.21 Å². The van der Waals surface area contributed by atoms with Crippen LogP contribution >= 0.6 is 11.6 Å². The van der Waals surface area contributed by atoms with Crippen LogP contribution in [0.3, 0.4) is 0 Å². The van der Waals surface area contributed by atoms with E-state index in [0.29, 0.717) is 22.7 Å². The van der Waals surface area contributed by atoms with E-state index in [1.165, 1.54) is 0 Å². The highest BCUT2D eigenvalue weighted by atomic mass is 35.5. The van der Waals surface area contributed by atoms with Crippen molar-refractivity contribution in [1.82, 2.24) is 0 Å². The monoisotopic (exact) mass is 447 g/mol. The lowest BCUT2D eigenvalue weighted by Crippen LogP contribution is -2.22. The minimum atomic E-state index is -1.63. The molecule has 0 aromatic heterocycles. The van der Waals surface area contributed by atoms with Gasteiger partial charge < -0.3 is 9.46 Å². The minimum Gasteiger partial charge on any atom is -0.497 e. The van der Waals surface area contributed by atoms with E-state index in [2.05, 4.69) is 16.6 Å². The summed E-state index contributed by atoms with van der Waals surface area (Å²) in [7, 11) is -0.00111. The van der Waals surface area contributed by atoms with Crippen LogP contribution in [0.4, 0.5) is 5.69 Å². The molecule has 1 heterocycles. The number of ether oxygens (including phenoxy) is 1. The third kappa shape index (κ3) is 4.88. The fourth-order valence-electron chi connectivity index (χ4n) is 3.09. The number of rotatable bonds is 3. The summed E-state index contributed by atoms with van der Waals surface area (Å²) in [5.74, 6) is 6.76. The molecular weight excluding hydrogens is 430 g/mol. The third-order valence-electron chi connectivity index (χ3n) is 4.74. The number of halogens is 1. The van der Waals surface area contributed by atoms with E-state index < -0.39 is 11.0 Å². The van der Waals surface area contributed by atoms with Gasteiger partial charge in [0, 0.05) is 22.6 Å². The number of Topliss-reactive ketones (excluding diaryl/α,β-unsaturated/α-hetero) is 1. The Kier molecular flexibility index (Phi) is 6.22. The lowest BCUT2D eigenvalue weighted by molar-refractivity contribution is 0.104. The van der Waals surface area contributed by atoms with Gasteiger partial charge >= 0.3 is 0 Å². The molecule has 0 saturated carbocycles. The molecule has 4 rings (SSSR count). The van der Waals surface area contributed by atoms with Crippen LogP contribution in [0.1, 0.15) is 27.0 Å². The number of carbonyl (C=O) groups excluding carboxylic acids is 1. The fraction of sp³-hybridized carbons (Fsp3) is 0.0800. The van der Waals surface area contributed by atoms with Crippen LogP contribution in [0.15, 0.2) is 71.6 Å². The van der Waals surface area contributed by atoms with Gasteiger partial charge in [0.1, 0.15) is 10.7 Å². The van der Waals surface area contributed by atoms with Gasteiger partial charge in [0.15, 0.2) is 11.0 Å². The van der Waals surface area contributed by atoms with Crippen LogP contribution in [0, 0.1) is 11.8 Å². The lowest BCUT2D eigenvalue weighted by atomic mass is 10.0. The van der Waals surface area contributed by atoms with Crippen molar-refractivity contribution < 1.29 is 13.7 Å². The second kappa shape index (κ2) is 9.22. The summed E-state index contributed by atoms with van der Waals surface area (Å²) in [5.41, 5.74) is 3.55. The van der Waals surface area contributed by atoms with E-state index in [0.717, 1.165) is 22.4 Å². The Morgan fingerprint density at radius 1 is 1.06 bits per heavy atom. The van der Waals surface area contributed by atoms with Gasteiger partial charge in [-0.1, -0.05) is 47.7 Å². The molecule has 0 spiro atoms. The number of carbonyl (C=O) groups is 1. The van der Waals surface area contributed by atoms with Crippen LogP contribution in [0.25, 0.3) is 6.08 Å². The zero-order valence-electron chi connectivity index (χ0n) is 16.6. The molecule has 0 fully saturated rings. The molecular formula is C25H18ClNO3S. The number of fused-ring (bicyclic) bond motifs is 1. The minimum absolute atomic E-state index is 0.193. The molecule has 4 nitrogen and oxygen atoms in total. The van der Waals surface area contributed by atoms with Gasteiger partial charge in [0.25, 0.3) is 0 Å². The summed E-state index contributed by atoms with van der Waals surface area (Å²) in [6.45, 7) is 0. The maximum Gasteiger partial charge on any atom is 0.205 e. The standard InChI is InChI=1S/C25H18ClNO3S/c1-30-21-12-7-17(8-13-21)3-2-4-18-9-14-23-22(15-18)25(28)24(31(29)27-23)16-19-5-10-20(26)11-6-19/h5-16,27H,3H2,1H3/b24-16+. The molecule has 31 heavy (non-hydrogen) atoms. The molecule has 0 bridgehead atoms. The molecule has 1 aliphatic heterocycles. The lowest BCUT2D eigenvalue weighted by Gasteiger charge is -2.19. The van der Waals surface area contributed by atoms with Crippen molar-refractivity contribution in [2.45, 2.75) is 6.42 Å². The van der Waals surface area contributed by atoms with Crippen LogP contribution in [-0.4, -0.2) is 17.1 Å². The Bertz CT molecular complexity index is 1250. The normalized spacial score (nSPS) is 16.1. The predicted octanol–water partition coefficient (Wildman–Crippen LogP) is 5.26. The number of hydrogen-bond acceptors (Lipinski definition) is 3. The van der Waals surface area contributed by atoms with Gasteiger partial charge in [0.05, 0.1) is 12.8 Å². The average Bonchev–Trinajstić information content (AvgIpc) is 2.79. The van der Waals surface area contributed by atoms with Crippen LogP contribution in [0.2, 0.25) is 5.02 Å². The van der Waals surface area contributed by atoms with Crippen molar-refractivity contribution in [1.29, 1.82) is 0 Å². The number of anilines is 1.